The Labute approximate surface area is 122 Å². The van der Waals surface area contributed by atoms with Crippen LogP contribution in [0.3, 0.4) is 0 Å². The van der Waals surface area contributed by atoms with Crippen LogP contribution in [-0.2, 0) is 11.3 Å². The molecule has 2 aliphatic rings. The summed E-state index contributed by atoms with van der Waals surface area (Å²) in [4.78, 5) is 30.2. The number of carbonyl (C=O) groups excluding carboxylic acids is 2. The monoisotopic (exact) mass is 290 g/mol. The van der Waals surface area contributed by atoms with E-state index in [9.17, 15) is 9.59 Å². The number of rotatable bonds is 3. The van der Waals surface area contributed by atoms with E-state index in [-0.39, 0.29) is 18.5 Å². The molecule has 3 rings (SSSR count). The smallest absolute Gasteiger partial charge is 0.325 e. The Morgan fingerprint density at radius 3 is 2.90 bits per heavy atom. The second-order valence-electron chi connectivity index (χ2n) is 5.47. The van der Waals surface area contributed by atoms with Gasteiger partial charge in [0.1, 0.15) is 11.3 Å². The van der Waals surface area contributed by atoms with Crippen molar-refractivity contribution in [2.45, 2.75) is 25.4 Å². The first-order chi connectivity index (χ1) is 10.0. The van der Waals surface area contributed by atoms with Gasteiger partial charge in [0.05, 0.1) is 19.3 Å². The highest BCUT2D eigenvalue weighted by Crippen LogP contribution is 2.26. The zero-order valence-electron chi connectivity index (χ0n) is 12.1. The van der Waals surface area contributed by atoms with Crippen LogP contribution in [0.2, 0.25) is 0 Å². The molecule has 1 unspecified atom stereocenters. The van der Waals surface area contributed by atoms with Crippen molar-refractivity contribution in [2.75, 3.05) is 20.2 Å². The van der Waals surface area contributed by atoms with Gasteiger partial charge in [-0.15, -0.1) is 0 Å². The molecule has 2 fully saturated rings. The Hall–Kier alpha value is -2.15. The van der Waals surface area contributed by atoms with Crippen LogP contribution in [0.4, 0.5) is 4.79 Å². The van der Waals surface area contributed by atoms with Crippen LogP contribution in [-0.4, -0.2) is 47.6 Å². The molecule has 2 saturated heterocycles. The Balaban J connectivity index is 1.83. The first-order valence-electron chi connectivity index (χ1n) is 6.90. The van der Waals surface area contributed by atoms with E-state index in [0.29, 0.717) is 24.4 Å². The number of amides is 3. The Bertz CT molecular complexity index is 596. The van der Waals surface area contributed by atoms with Gasteiger partial charge in [0.2, 0.25) is 0 Å². The van der Waals surface area contributed by atoms with E-state index < -0.39 is 5.54 Å². The third-order valence-corrected chi connectivity index (χ3v) is 3.94. The number of carbonyl (C=O) groups is 2. The summed E-state index contributed by atoms with van der Waals surface area (Å²) in [6.07, 6.45) is 0.624. The van der Waals surface area contributed by atoms with Gasteiger partial charge in [-0.2, -0.15) is 0 Å². The molecule has 1 atom stereocenters. The predicted octanol–water partition coefficient (Wildman–Crippen LogP) is 0.183. The average molecular weight is 290 g/mol. The lowest BCUT2D eigenvalue weighted by Gasteiger charge is -2.19. The van der Waals surface area contributed by atoms with E-state index >= 15 is 0 Å². The molecule has 3 heterocycles. The molecule has 1 spiro atoms. The van der Waals surface area contributed by atoms with Crippen LogP contribution in [0.1, 0.15) is 17.8 Å². The number of nitrogens with one attached hydrogen (secondary N) is 2. The zero-order valence-corrected chi connectivity index (χ0v) is 12.1. The van der Waals surface area contributed by atoms with Gasteiger partial charge in [0.15, 0.2) is 0 Å². The first-order valence-corrected chi connectivity index (χ1v) is 6.90. The summed E-state index contributed by atoms with van der Waals surface area (Å²) in [5.74, 6) is 0.488. The summed E-state index contributed by atoms with van der Waals surface area (Å²) >= 11 is 0. The molecule has 2 aliphatic heterocycles. The van der Waals surface area contributed by atoms with Gasteiger partial charge in [-0.3, -0.25) is 14.7 Å². The molecule has 7 heteroatoms. The second kappa shape index (κ2) is 5.00. The normalized spacial score (nSPS) is 24.8. The first kappa shape index (κ1) is 13.8. The van der Waals surface area contributed by atoms with Crippen molar-refractivity contribution in [2.24, 2.45) is 0 Å². The van der Waals surface area contributed by atoms with Gasteiger partial charge in [-0.1, -0.05) is 0 Å². The molecule has 1 aromatic heterocycles. The maximum Gasteiger partial charge on any atom is 0.325 e. The zero-order chi connectivity index (χ0) is 15.0. The molecule has 0 radical (unpaired) electrons. The summed E-state index contributed by atoms with van der Waals surface area (Å²) in [6.45, 7) is 3.22. The van der Waals surface area contributed by atoms with Crippen LogP contribution in [0.25, 0.3) is 0 Å². The van der Waals surface area contributed by atoms with E-state index in [0.717, 1.165) is 12.2 Å². The summed E-state index contributed by atoms with van der Waals surface area (Å²) < 4.78 is 5.19. The number of nitrogens with zero attached hydrogens (tertiary/aromatic N) is 2. The maximum atomic E-state index is 12.5. The predicted molar refractivity (Wildman–Crippen MR) is 74.8 cm³/mol. The van der Waals surface area contributed by atoms with Crippen molar-refractivity contribution in [1.82, 2.24) is 20.5 Å². The van der Waals surface area contributed by atoms with Gasteiger partial charge in [0, 0.05) is 24.4 Å². The van der Waals surface area contributed by atoms with Gasteiger partial charge in [0.25, 0.3) is 5.91 Å². The lowest BCUT2D eigenvalue weighted by atomic mass is 9.99. The second-order valence-corrected chi connectivity index (χ2v) is 5.47. The van der Waals surface area contributed by atoms with Crippen molar-refractivity contribution in [3.63, 3.8) is 0 Å². The topological polar surface area (TPSA) is 83.6 Å². The minimum atomic E-state index is -0.773. The standard InChI is InChI=1S/C14H18N4O3/c1-9-5-11(21-2)6-10(16-9)7-18-12(19)14(17-13(18)20)3-4-15-8-14/h5-6,15H,3-4,7-8H2,1-2H3,(H,17,20). The summed E-state index contributed by atoms with van der Waals surface area (Å²) in [5, 5.41) is 5.93. The summed E-state index contributed by atoms with van der Waals surface area (Å²) in [7, 11) is 1.57. The van der Waals surface area contributed by atoms with E-state index in [2.05, 4.69) is 15.6 Å². The van der Waals surface area contributed by atoms with Gasteiger partial charge >= 0.3 is 6.03 Å². The number of ether oxygens (including phenoxy) is 1. The molecule has 7 nitrogen and oxygen atoms in total. The fourth-order valence-corrected chi connectivity index (χ4v) is 2.86. The van der Waals surface area contributed by atoms with Crippen molar-refractivity contribution < 1.29 is 14.3 Å². The molecule has 0 aromatic carbocycles. The lowest BCUT2D eigenvalue weighted by Crippen LogP contribution is -2.48. The average Bonchev–Trinajstić information content (AvgIpc) is 3.00. The molecule has 112 valence electrons. The maximum absolute atomic E-state index is 12.5. The van der Waals surface area contributed by atoms with Gasteiger partial charge in [-0.05, 0) is 19.9 Å². The van der Waals surface area contributed by atoms with Gasteiger partial charge < -0.3 is 15.4 Å². The molecule has 0 aliphatic carbocycles. The molecule has 0 saturated carbocycles. The van der Waals surface area contributed by atoms with Crippen LogP contribution in [0.15, 0.2) is 12.1 Å². The van der Waals surface area contributed by atoms with Crippen molar-refractivity contribution in [3.05, 3.63) is 23.5 Å². The quantitative estimate of drug-likeness (QED) is 0.776. The highest BCUT2D eigenvalue weighted by molar-refractivity contribution is 6.07. The lowest BCUT2D eigenvalue weighted by molar-refractivity contribution is -0.131. The minimum Gasteiger partial charge on any atom is -0.497 e. The molecule has 3 amide bonds. The summed E-state index contributed by atoms with van der Waals surface area (Å²) in [5.41, 5.74) is 0.650. The fourth-order valence-electron chi connectivity index (χ4n) is 2.86. The van der Waals surface area contributed by atoms with Crippen molar-refractivity contribution in [1.29, 1.82) is 0 Å². The van der Waals surface area contributed by atoms with Crippen LogP contribution >= 0.6 is 0 Å². The number of aryl methyl sites for hydroxylation is 1. The van der Waals surface area contributed by atoms with Crippen LogP contribution < -0.4 is 15.4 Å². The number of pyridine rings is 1. The van der Waals surface area contributed by atoms with E-state index in [4.69, 9.17) is 4.74 Å². The summed E-state index contributed by atoms with van der Waals surface area (Å²) in [6, 6.07) is 3.19. The third-order valence-electron chi connectivity index (χ3n) is 3.94. The minimum absolute atomic E-state index is 0.157. The number of methoxy groups -OCH3 is 1. The molecule has 0 bridgehead atoms. The molecular weight excluding hydrogens is 272 g/mol. The third kappa shape index (κ3) is 2.33. The van der Waals surface area contributed by atoms with Crippen LogP contribution in [0, 0.1) is 6.92 Å². The number of imide groups is 1. The SMILES string of the molecule is COc1cc(C)nc(CN2C(=O)NC3(CCNC3)C2=O)c1. The van der Waals surface area contributed by atoms with E-state index in [1.807, 2.05) is 6.92 Å². The molecule has 2 N–H and O–H groups in total. The Morgan fingerprint density at radius 2 is 2.24 bits per heavy atom. The number of hydrogen-bond donors (Lipinski definition) is 2. The van der Waals surface area contributed by atoms with Crippen LogP contribution in [0.5, 0.6) is 5.75 Å². The Morgan fingerprint density at radius 1 is 1.43 bits per heavy atom. The fraction of sp³-hybridized carbons (Fsp3) is 0.500. The van der Waals surface area contributed by atoms with E-state index in [1.54, 1.807) is 19.2 Å². The number of aromatic nitrogens is 1. The van der Waals surface area contributed by atoms with Crippen molar-refractivity contribution in [3.8, 4) is 5.75 Å². The number of urea groups is 1. The molecule has 1 aromatic rings. The van der Waals surface area contributed by atoms with Crippen molar-refractivity contribution >= 4 is 11.9 Å². The molecular formula is C14H18N4O3. The largest absolute Gasteiger partial charge is 0.497 e. The number of hydrogen-bond acceptors (Lipinski definition) is 5. The Kier molecular flexibility index (Phi) is 3.29. The highest BCUT2D eigenvalue weighted by atomic mass is 16.5. The van der Waals surface area contributed by atoms with E-state index in [1.165, 1.54) is 4.90 Å². The van der Waals surface area contributed by atoms with Gasteiger partial charge in [-0.25, -0.2) is 4.79 Å². The molecule has 21 heavy (non-hydrogen) atoms. The highest BCUT2D eigenvalue weighted by Gasteiger charge is 2.52.